The average molecular weight is 433 g/mol. The Kier molecular flexibility index (Phi) is 6.02. The maximum absolute atomic E-state index is 12.3. The summed E-state index contributed by atoms with van der Waals surface area (Å²) in [5.74, 6) is 0. The summed E-state index contributed by atoms with van der Waals surface area (Å²) >= 11 is 3.25. The molecule has 0 fully saturated rings. The smallest absolute Gasteiger partial charge is 0.261 e. The molecule has 0 aliphatic heterocycles. The van der Waals surface area contributed by atoms with E-state index in [4.69, 9.17) is 0 Å². The number of benzene rings is 2. The van der Waals surface area contributed by atoms with Gasteiger partial charge in [-0.3, -0.25) is 4.72 Å². The van der Waals surface area contributed by atoms with Gasteiger partial charge in [0, 0.05) is 16.7 Å². The number of nitrogens with one attached hydrogen (secondary N) is 2. The summed E-state index contributed by atoms with van der Waals surface area (Å²) in [5.41, 5.74) is 0.285. The highest BCUT2D eigenvalue weighted by molar-refractivity contribution is 9.10. The standard InChI is InChI=1S/C15H17BrN2O4S2/c1-2-11-17-23(19,20)14-9-5-13(6-10-14)18-24(21,22)15-7-3-12(16)4-8-15/h3-10,17-18H,2,11H2,1H3. The predicted molar refractivity (Wildman–Crippen MR) is 96.9 cm³/mol. The first kappa shape index (κ1) is 18.9. The van der Waals surface area contributed by atoms with Gasteiger partial charge in [-0.05, 0) is 55.0 Å². The van der Waals surface area contributed by atoms with E-state index >= 15 is 0 Å². The summed E-state index contributed by atoms with van der Waals surface area (Å²) in [6.45, 7) is 2.21. The summed E-state index contributed by atoms with van der Waals surface area (Å²) in [5, 5.41) is 0. The number of rotatable bonds is 7. The maximum atomic E-state index is 12.3. The monoisotopic (exact) mass is 432 g/mol. The lowest BCUT2D eigenvalue weighted by molar-refractivity contribution is 0.581. The molecule has 0 spiro atoms. The molecule has 2 rings (SSSR count). The second-order valence-electron chi connectivity index (χ2n) is 4.98. The Labute approximate surface area is 150 Å². The molecule has 2 N–H and O–H groups in total. The molecule has 0 unspecified atom stereocenters. The second kappa shape index (κ2) is 7.64. The van der Waals surface area contributed by atoms with Crippen LogP contribution in [0.5, 0.6) is 0 Å². The summed E-state index contributed by atoms with van der Waals surface area (Å²) in [6, 6.07) is 11.7. The van der Waals surface area contributed by atoms with Gasteiger partial charge in [0.1, 0.15) is 0 Å². The first-order valence-corrected chi connectivity index (χ1v) is 10.9. The minimum absolute atomic E-state index is 0.0857. The van der Waals surface area contributed by atoms with Crippen molar-refractivity contribution in [2.75, 3.05) is 11.3 Å². The second-order valence-corrected chi connectivity index (χ2v) is 9.35. The zero-order valence-corrected chi connectivity index (χ0v) is 16.1. The van der Waals surface area contributed by atoms with Gasteiger partial charge >= 0.3 is 0 Å². The summed E-state index contributed by atoms with van der Waals surface area (Å²) in [6.07, 6.45) is 0.685. The van der Waals surface area contributed by atoms with Gasteiger partial charge in [-0.25, -0.2) is 21.6 Å². The number of sulfonamides is 2. The normalized spacial score (nSPS) is 12.1. The fourth-order valence-electron chi connectivity index (χ4n) is 1.85. The van der Waals surface area contributed by atoms with Gasteiger partial charge in [-0.1, -0.05) is 22.9 Å². The lowest BCUT2D eigenvalue weighted by Gasteiger charge is -2.10. The van der Waals surface area contributed by atoms with Crippen LogP contribution in [0, 0.1) is 0 Å². The van der Waals surface area contributed by atoms with E-state index in [0.717, 1.165) is 4.47 Å². The third-order valence-electron chi connectivity index (χ3n) is 3.08. The SMILES string of the molecule is CCCNS(=O)(=O)c1ccc(NS(=O)(=O)c2ccc(Br)cc2)cc1. The van der Waals surface area contributed by atoms with Crippen molar-refractivity contribution in [1.29, 1.82) is 0 Å². The van der Waals surface area contributed by atoms with Gasteiger partial charge in [-0.15, -0.1) is 0 Å². The van der Waals surface area contributed by atoms with Crippen LogP contribution in [0.25, 0.3) is 0 Å². The lowest BCUT2D eigenvalue weighted by Crippen LogP contribution is -2.24. The molecule has 0 aliphatic carbocycles. The maximum Gasteiger partial charge on any atom is 0.261 e. The van der Waals surface area contributed by atoms with Crippen molar-refractivity contribution in [3.63, 3.8) is 0 Å². The van der Waals surface area contributed by atoms with E-state index in [0.29, 0.717) is 13.0 Å². The van der Waals surface area contributed by atoms with E-state index in [1.54, 1.807) is 12.1 Å². The zero-order chi connectivity index (χ0) is 17.8. The van der Waals surface area contributed by atoms with Gasteiger partial charge in [0.05, 0.1) is 9.79 Å². The molecule has 0 amide bonds. The molecule has 0 radical (unpaired) electrons. The van der Waals surface area contributed by atoms with Gasteiger partial charge in [0.25, 0.3) is 10.0 Å². The van der Waals surface area contributed by atoms with Gasteiger partial charge in [0.2, 0.25) is 10.0 Å². The molecule has 6 nitrogen and oxygen atoms in total. The summed E-state index contributed by atoms with van der Waals surface area (Å²) in [4.78, 5) is 0.203. The molecule has 2 aromatic carbocycles. The van der Waals surface area contributed by atoms with Crippen molar-refractivity contribution in [1.82, 2.24) is 4.72 Å². The van der Waals surface area contributed by atoms with Crippen LogP contribution in [-0.4, -0.2) is 23.4 Å². The van der Waals surface area contributed by atoms with Crippen molar-refractivity contribution >= 4 is 41.7 Å². The van der Waals surface area contributed by atoms with E-state index < -0.39 is 20.0 Å². The highest BCUT2D eigenvalue weighted by Gasteiger charge is 2.16. The van der Waals surface area contributed by atoms with Crippen LogP contribution in [0.4, 0.5) is 5.69 Å². The van der Waals surface area contributed by atoms with E-state index in [9.17, 15) is 16.8 Å². The molecule has 0 saturated heterocycles. The molecule has 0 aliphatic rings. The van der Waals surface area contributed by atoms with Crippen molar-refractivity contribution in [2.24, 2.45) is 0 Å². The molecule has 130 valence electrons. The van der Waals surface area contributed by atoms with Crippen LogP contribution in [0.2, 0.25) is 0 Å². The Morgan fingerprint density at radius 2 is 1.33 bits per heavy atom. The Morgan fingerprint density at radius 1 is 0.833 bits per heavy atom. The van der Waals surface area contributed by atoms with Gasteiger partial charge < -0.3 is 0 Å². The van der Waals surface area contributed by atoms with Crippen LogP contribution < -0.4 is 9.44 Å². The molecule has 0 heterocycles. The highest BCUT2D eigenvalue weighted by Crippen LogP contribution is 2.20. The van der Waals surface area contributed by atoms with Crippen LogP contribution in [0.15, 0.2) is 62.8 Å². The quantitative estimate of drug-likeness (QED) is 0.703. The molecule has 0 bridgehead atoms. The molecule has 0 atom stereocenters. The van der Waals surface area contributed by atoms with Crippen LogP contribution in [0.1, 0.15) is 13.3 Å². The van der Waals surface area contributed by atoms with Crippen molar-refractivity contribution in [2.45, 2.75) is 23.1 Å². The Balaban J connectivity index is 2.18. The summed E-state index contributed by atoms with van der Waals surface area (Å²) in [7, 11) is -7.30. The number of hydrogen-bond acceptors (Lipinski definition) is 4. The number of hydrogen-bond donors (Lipinski definition) is 2. The number of halogens is 1. The highest BCUT2D eigenvalue weighted by atomic mass is 79.9. The minimum atomic E-state index is -3.73. The number of anilines is 1. The van der Waals surface area contributed by atoms with Crippen molar-refractivity contribution in [3.05, 3.63) is 53.0 Å². The molecule has 9 heteroatoms. The molecule has 0 aromatic heterocycles. The Hall–Kier alpha value is -1.42. The molecular formula is C15H17BrN2O4S2. The third-order valence-corrected chi connectivity index (χ3v) is 6.49. The van der Waals surface area contributed by atoms with Gasteiger partial charge in [-0.2, -0.15) is 0 Å². The molecule has 0 saturated carbocycles. The average Bonchev–Trinajstić information content (AvgIpc) is 2.53. The van der Waals surface area contributed by atoms with Crippen LogP contribution in [0.3, 0.4) is 0 Å². The third kappa shape index (κ3) is 4.79. The molecular weight excluding hydrogens is 416 g/mol. The summed E-state index contributed by atoms with van der Waals surface area (Å²) < 4.78 is 54.2. The van der Waals surface area contributed by atoms with Gasteiger partial charge in [0.15, 0.2) is 0 Å². The molecule has 2 aromatic rings. The van der Waals surface area contributed by atoms with E-state index in [-0.39, 0.29) is 15.5 Å². The van der Waals surface area contributed by atoms with E-state index in [1.807, 2.05) is 6.92 Å². The Bertz CT molecular complexity index is 893. The molecule has 24 heavy (non-hydrogen) atoms. The van der Waals surface area contributed by atoms with E-state index in [2.05, 4.69) is 25.4 Å². The zero-order valence-electron chi connectivity index (χ0n) is 12.9. The lowest BCUT2D eigenvalue weighted by atomic mass is 10.3. The van der Waals surface area contributed by atoms with Crippen molar-refractivity contribution in [3.8, 4) is 0 Å². The minimum Gasteiger partial charge on any atom is -0.280 e. The first-order chi connectivity index (χ1) is 11.2. The first-order valence-electron chi connectivity index (χ1n) is 7.13. The largest absolute Gasteiger partial charge is 0.280 e. The van der Waals surface area contributed by atoms with Crippen molar-refractivity contribution < 1.29 is 16.8 Å². The fraction of sp³-hybridized carbons (Fsp3) is 0.200. The Morgan fingerprint density at radius 3 is 1.88 bits per heavy atom. The fourth-order valence-corrected chi connectivity index (χ4v) is 4.31. The van der Waals surface area contributed by atoms with Crippen LogP contribution in [-0.2, 0) is 20.0 Å². The predicted octanol–water partition coefficient (Wildman–Crippen LogP) is 2.94. The topological polar surface area (TPSA) is 92.3 Å². The van der Waals surface area contributed by atoms with Crippen LogP contribution >= 0.6 is 15.9 Å². The van der Waals surface area contributed by atoms with E-state index in [1.165, 1.54) is 36.4 Å².